The van der Waals surface area contributed by atoms with Crippen molar-refractivity contribution in [3.63, 3.8) is 0 Å². The Morgan fingerprint density at radius 2 is 2.28 bits per heavy atom. The molecule has 18 heavy (non-hydrogen) atoms. The van der Waals surface area contributed by atoms with E-state index in [1.165, 1.54) is 5.56 Å². The normalized spacial score (nSPS) is 12.4. The zero-order valence-corrected chi connectivity index (χ0v) is 10.9. The van der Waals surface area contributed by atoms with Gasteiger partial charge < -0.3 is 14.6 Å². The average molecular weight is 246 g/mol. The van der Waals surface area contributed by atoms with E-state index in [9.17, 15) is 0 Å². The number of benzene rings is 1. The number of nitrogens with one attached hydrogen (secondary N) is 1. The third-order valence-electron chi connectivity index (χ3n) is 2.97. The van der Waals surface area contributed by atoms with E-state index in [1.54, 1.807) is 13.4 Å². The molecule has 0 amide bonds. The van der Waals surface area contributed by atoms with Crippen LogP contribution in [0.15, 0.2) is 30.6 Å². The zero-order chi connectivity index (χ0) is 13.0. The van der Waals surface area contributed by atoms with Crippen molar-refractivity contribution in [3.8, 4) is 5.75 Å². The second kappa shape index (κ2) is 5.64. The second-order valence-electron chi connectivity index (χ2n) is 4.24. The van der Waals surface area contributed by atoms with E-state index in [2.05, 4.69) is 28.5 Å². The lowest BCUT2D eigenvalue weighted by Gasteiger charge is -2.14. The van der Waals surface area contributed by atoms with Gasteiger partial charge in [0.25, 0.3) is 0 Å². The van der Waals surface area contributed by atoms with Crippen molar-refractivity contribution >= 4 is 0 Å². The van der Waals surface area contributed by atoms with Gasteiger partial charge in [0, 0.05) is 13.1 Å². The number of ether oxygens (including phenoxy) is 1. The largest absolute Gasteiger partial charge is 0.497 e. The number of methoxy groups -OCH3 is 1. The number of nitrogens with zero attached hydrogens (tertiary/aromatic N) is 3. The highest BCUT2D eigenvalue weighted by atomic mass is 16.5. The number of aryl methyl sites for hydroxylation is 1. The van der Waals surface area contributed by atoms with Crippen LogP contribution < -0.4 is 10.1 Å². The molecule has 2 rings (SSSR count). The molecule has 1 heterocycles. The van der Waals surface area contributed by atoms with Gasteiger partial charge in [-0.2, -0.15) is 0 Å². The van der Waals surface area contributed by atoms with Gasteiger partial charge in [0.2, 0.25) is 0 Å². The summed E-state index contributed by atoms with van der Waals surface area (Å²) >= 11 is 0. The van der Waals surface area contributed by atoms with E-state index in [4.69, 9.17) is 4.74 Å². The molecule has 0 saturated heterocycles. The van der Waals surface area contributed by atoms with Gasteiger partial charge in [-0.15, -0.1) is 10.2 Å². The second-order valence-corrected chi connectivity index (χ2v) is 4.24. The molecular weight excluding hydrogens is 228 g/mol. The molecule has 0 spiro atoms. The van der Waals surface area contributed by atoms with E-state index >= 15 is 0 Å². The van der Waals surface area contributed by atoms with Crippen LogP contribution in [0.4, 0.5) is 0 Å². The number of hydrogen-bond acceptors (Lipinski definition) is 4. The fourth-order valence-corrected chi connectivity index (χ4v) is 1.74. The minimum Gasteiger partial charge on any atom is -0.497 e. The van der Waals surface area contributed by atoms with Gasteiger partial charge in [-0.3, -0.25) is 0 Å². The lowest BCUT2D eigenvalue weighted by molar-refractivity contribution is 0.413. The zero-order valence-electron chi connectivity index (χ0n) is 10.9. The van der Waals surface area contributed by atoms with E-state index < -0.39 is 0 Å². The molecule has 1 aromatic carbocycles. The minimum absolute atomic E-state index is 0.233. The molecule has 96 valence electrons. The monoisotopic (exact) mass is 246 g/mol. The van der Waals surface area contributed by atoms with Gasteiger partial charge in [-0.05, 0) is 24.6 Å². The lowest BCUT2D eigenvalue weighted by atomic mass is 10.1. The summed E-state index contributed by atoms with van der Waals surface area (Å²) < 4.78 is 7.13. The van der Waals surface area contributed by atoms with Gasteiger partial charge in [-0.1, -0.05) is 12.1 Å². The summed E-state index contributed by atoms with van der Waals surface area (Å²) in [6.45, 7) is 2.81. The summed E-state index contributed by atoms with van der Waals surface area (Å²) in [5, 5.41) is 11.3. The Bertz CT molecular complexity index is 509. The van der Waals surface area contributed by atoms with Crippen LogP contribution in [-0.2, 0) is 13.6 Å². The maximum absolute atomic E-state index is 5.22. The van der Waals surface area contributed by atoms with Crippen LogP contribution >= 0.6 is 0 Å². The van der Waals surface area contributed by atoms with Gasteiger partial charge in [0.1, 0.15) is 17.9 Å². The highest BCUT2D eigenvalue weighted by Gasteiger charge is 2.07. The molecule has 1 aromatic heterocycles. The number of hydrogen-bond donors (Lipinski definition) is 1. The predicted octanol–water partition coefficient (Wildman–Crippen LogP) is 1.67. The van der Waals surface area contributed by atoms with Crippen molar-refractivity contribution in [2.75, 3.05) is 7.11 Å². The van der Waals surface area contributed by atoms with E-state index in [0.29, 0.717) is 6.54 Å². The molecule has 0 radical (unpaired) electrons. The molecule has 0 bridgehead atoms. The molecule has 1 N–H and O–H groups in total. The molecule has 0 aliphatic rings. The first-order chi connectivity index (χ1) is 8.70. The summed E-state index contributed by atoms with van der Waals surface area (Å²) in [5.41, 5.74) is 1.19. The topological polar surface area (TPSA) is 52.0 Å². The van der Waals surface area contributed by atoms with Crippen molar-refractivity contribution in [2.45, 2.75) is 19.5 Å². The number of rotatable bonds is 5. The van der Waals surface area contributed by atoms with Crippen LogP contribution in [0.3, 0.4) is 0 Å². The van der Waals surface area contributed by atoms with Crippen LogP contribution in [0.2, 0.25) is 0 Å². The molecular formula is C13H18N4O. The average Bonchev–Trinajstić information content (AvgIpc) is 2.81. The molecule has 1 atom stereocenters. The molecule has 0 saturated carbocycles. The molecule has 2 aromatic rings. The standard InChI is InChI=1S/C13H18N4O/c1-10(11-5-4-6-12(7-11)18-3)14-8-13-16-15-9-17(13)2/h4-7,9-10,14H,8H2,1-3H3/t10-/m0/s1. The van der Waals surface area contributed by atoms with Crippen LogP contribution in [0.5, 0.6) is 5.75 Å². The Balaban J connectivity index is 1.99. The Morgan fingerprint density at radius 3 is 2.94 bits per heavy atom. The van der Waals surface area contributed by atoms with Crippen molar-refractivity contribution in [1.82, 2.24) is 20.1 Å². The highest BCUT2D eigenvalue weighted by Crippen LogP contribution is 2.18. The van der Waals surface area contributed by atoms with E-state index in [1.807, 2.05) is 29.8 Å². The fourth-order valence-electron chi connectivity index (χ4n) is 1.74. The summed E-state index contributed by atoms with van der Waals surface area (Å²) in [7, 11) is 3.62. The highest BCUT2D eigenvalue weighted by molar-refractivity contribution is 5.30. The van der Waals surface area contributed by atoms with Gasteiger partial charge in [-0.25, -0.2) is 0 Å². The third-order valence-corrected chi connectivity index (χ3v) is 2.97. The van der Waals surface area contributed by atoms with Gasteiger partial charge in [0.15, 0.2) is 0 Å². The summed E-state index contributed by atoms with van der Waals surface area (Å²) in [6.07, 6.45) is 1.70. The van der Waals surface area contributed by atoms with Crippen LogP contribution in [0.1, 0.15) is 24.4 Å². The molecule has 5 heteroatoms. The Kier molecular flexibility index (Phi) is 3.94. The first-order valence-electron chi connectivity index (χ1n) is 5.91. The van der Waals surface area contributed by atoms with Gasteiger partial charge in [0.05, 0.1) is 13.7 Å². The van der Waals surface area contributed by atoms with Crippen molar-refractivity contribution < 1.29 is 4.74 Å². The van der Waals surface area contributed by atoms with Crippen molar-refractivity contribution in [3.05, 3.63) is 42.0 Å². The Morgan fingerprint density at radius 1 is 1.44 bits per heavy atom. The minimum atomic E-state index is 0.233. The van der Waals surface area contributed by atoms with Crippen LogP contribution in [-0.4, -0.2) is 21.9 Å². The first kappa shape index (κ1) is 12.6. The first-order valence-corrected chi connectivity index (χ1v) is 5.91. The summed E-state index contributed by atoms with van der Waals surface area (Å²) in [6, 6.07) is 8.29. The summed E-state index contributed by atoms with van der Waals surface area (Å²) in [5.74, 6) is 1.80. The van der Waals surface area contributed by atoms with E-state index in [0.717, 1.165) is 11.6 Å². The maximum atomic E-state index is 5.22. The molecule has 0 unspecified atom stereocenters. The predicted molar refractivity (Wildman–Crippen MR) is 69.3 cm³/mol. The molecule has 0 aliphatic heterocycles. The van der Waals surface area contributed by atoms with Crippen LogP contribution in [0.25, 0.3) is 0 Å². The SMILES string of the molecule is COc1cccc([C@H](C)NCc2nncn2C)c1. The molecule has 5 nitrogen and oxygen atoms in total. The Hall–Kier alpha value is -1.88. The molecule has 0 fully saturated rings. The Labute approximate surface area is 107 Å². The van der Waals surface area contributed by atoms with Crippen molar-refractivity contribution in [1.29, 1.82) is 0 Å². The van der Waals surface area contributed by atoms with E-state index in [-0.39, 0.29) is 6.04 Å². The molecule has 0 aliphatic carbocycles. The smallest absolute Gasteiger partial charge is 0.146 e. The lowest BCUT2D eigenvalue weighted by Crippen LogP contribution is -2.20. The van der Waals surface area contributed by atoms with Crippen molar-refractivity contribution in [2.24, 2.45) is 7.05 Å². The fraction of sp³-hybridized carbons (Fsp3) is 0.385. The number of aromatic nitrogens is 3. The van der Waals surface area contributed by atoms with Crippen LogP contribution in [0, 0.1) is 0 Å². The maximum Gasteiger partial charge on any atom is 0.146 e. The summed E-state index contributed by atoms with van der Waals surface area (Å²) in [4.78, 5) is 0. The van der Waals surface area contributed by atoms with Gasteiger partial charge >= 0.3 is 0 Å². The third kappa shape index (κ3) is 2.87. The quantitative estimate of drug-likeness (QED) is 0.872.